The lowest BCUT2D eigenvalue weighted by atomic mass is 10.00. The lowest BCUT2D eigenvalue weighted by molar-refractivity contribution is 0.669. The number of hydrogen-bond acceptors (Lipinski definition) is 2. The zero-order valence-corrected chi connectivity index (χ0v) is 62.6. The third-order valence-electron chi connectivity index (χ3n) is 24.4. The molecule has 8 heteroatoms. The van der Waals surface area contributed by atoms with Crippen molar-refractivity contribution in [3.8, 4) is 56.4 Å². The van der Waals surface area contributed by atoms with E-state index < -0.39 is 0 Å². The van der Waals surface area contributed by atoms with E-state index in [1.54, 1.807) is 0 Å². The Morgan fingerprint density at radius 3 is 0.603 bits per heavy atom. The molecule has 0 saturated heterocycles. The smallest absolute Gasteiger partial charge is 0.137 e. The Bertz CT molecular complexity index is 8050. The van der Waals surface area contributed by atoms with Crippen LogP contribution < -0.4 is 0 Å². The van der Waals surface area contributed by atoms with Gasteiger partial charge in [-0.05, 0) is 204 Å². The molecule has 0 spiro atoms. The molecule has 0 aliphatic rings. The van der Waals surface area contributed by atoms with Crippen LogP contribution in [0.1, 0.15) is 0 Å². The maximum Gasteiger partial charge on any atom is 0.137 e. The third-order valence-corrected chi connectivity index (χ3v) is 24.4. The van der Waals surface area contributed by atoms with Crippen LogP contribution in [0.2, 0.25) is 0 Å². The Balaban J connectivity index is 0.000000133. The molecule has 8 heterocycles. The molecular formula is C108H66N6O2. The van der Waals surface area contributed by atoms with Crippen molar-refractivity contribution in [1.82, 2.24) is 27.4 Å². The number of rotatable bonds is 8. The molecule has 0 atom stereocenters. The first kappa shape index (κ1) is 64.1. The van der Waals surface area contributed by atoms with Gasteiger partial charge in [-0.1, -0.05) is 206 Å². The largest absolute Gasteiger partial charge is 0.456 e. The molecule has 8 aromatic heterocycles. The van der Waals surface area contributed by atoms with E-state index in [4.69, 9.17) is 8.83 Å². The van der Waals surface area contributed by atoms with E-state index in [2.05, 4.69) is 428 Å². The van der Waals surface area contributed by atoms with Gasteiger partial charge in [0.25, 0.3) is 0 Å². The van der Waals surface area contributed by atoms with Crippen LogP contribution >= 0.6 is 0 Å². The van der Waals surface area contributed by atoms with Crippen LogP contribution in [0.15, 0.2) is 409 Å². The van der Waals surface area contributed by atoms with E-state index in [1.165, 1.54) is 131 Å². The molecule has 0 aliphatic carbocycles. The summed E-state index contributed by atoms with van der Waals surface area (Å²) in [7, 11) is 0. The van der Waals surface area contributed by atoms with Crippen molar-refractivity contribution in [2.75, 3.05) is 0 Å². The number of furan rings is 2. The van der Waals surface area contributed by atoms with Crippen molar-refractivity contribution in [1.29, 1.82) is 0 Å². The van der Waals surface area contributed by atoms with Crippen molar-refractivity contribution in [2.45, 2.75) is 0 Å². The van der Waals surface area contributed by atoms with Gasteiger partial charge in [-0.15, -0.1) is 0 Å². The van der Waals surface area contributed by atoms with E-state index in [0.29, 0.717) is 0 Å². The minimum Gasteiger partial charge on any atom is -0.456 e. The summed E-state index contributed by atoms with van der Waals surface area (Å²) in [6.45, 7) is 0. The highest BCUT2D eigenvalue weighted by molar-refractivity contribution is 6.24. The Morgan fingerprint density at radius 1 is 0.121 bits per heavy atom. The van der Waals surface area contributed by atoms with E-state index in [1.807, 2.05) is 0 Å². The van der Waals surface area contributed by atoms with Gasteiger partial charge >= 0.3 is 0 Å². The van der Waals surface area contributed by atoms with Crippen LogP contribution in [0.3, 0.4) is 0 Å². The molecule has 0 fully saturated rings. The third kappa shape index (κ3) is 9.56. The van der Waals surface area contributed by atoms with Crippen LogP contribution in [-0.2, 0) is 0 Å². The van der Waals surface area contributed by atoms with Gasteiger partial charge in [-0.3, -0.25) is 0 Å². The molecule has 540 valence electrons. The molecule has 8 nitrogen and oxygen atoms in total. The molecular weight excluding hydrogens is 1410 g/mol. The first-order chi connectivity index (χ1) is 57.5. The number of fused-ring (bicyclic) bond motifs is 24. The summed E-state index contributed by atoms with van der Waals surface area (Å²) in [6.07, 6.45) is 0. The zero-order chi connectivity index (χ0) is 75.8. The lowest BCUT2D eigenvalue weighted by Crippen LogP contribution is -1.95. The van der Waals surface area contributed by atoms with Gasteiger partial charge in [-0.2, -0.15) is 0 Å². The summed E-state index contributed by atoms with van der Waals surface area (Å²) in [5.41, 5.74) is 29.3. The van der Waals surface area contributed by atoms with Gasteiger partial charge in [0.05, 0.1) is 66.2 Å². The normalized spacial score (nSPS) is 12.1. The molecule has 116 heavy (non-hydrogen) atoms. The summed E-state index contributed by atoms with van der Waals surface area (Å²) < 4.78 is 27.4. The van der Waals surface area contributed by atoms with Crippen LogP contribution in [-0.4, -0.2) is 27.4 Å². The molecule has 0 amide bonds. The summed E-state index contributed by atoms with van der Waals surface area (Å²) >= 11 is 0. The maximum absolute atomic E-state index is 6.53. The maximum atomic E-state index is 6.53. The number of benzene rings is 18. The predicted octanol–water partition coefficient (Wildman–Crippen LogP) is 29.1. The highest BCUT2D eigenvalue weighted by Crippen LogP contribution is 2.47. The fraction of sp³-hybridized carbons (Fsp3) is 0. The average molecular weight is 1480 g/mol. The number of para-hydroxylation sites is 10. The minimum atomic E-state index is 0.883. The van der Waals surface area contributed by atoms with Gasteiger partial charge in [0, 0.05) is 132 Å². The van der Waals surface area contributed by atoms with Crippen LogP contribution in [0.5, 0.6) is 0 Å². The number of aromatic nitrogens is 6. The van der Waals surface area contributed by atoms with Crippen LogP contribution in [0.4, 0.5) is 0 Å². The molecule has 0 radical (unpaired) electrons. The van der Waals surface area contributed by atoms with Gasteiger partial charge in [0.2, 0.25) is 0 Å². The summed E-state index contributed by atoms with van der Waals surface area (Å²) in [5.74, 6) is 0. The average Bonchev–Trinajstić information content (AvgIpc) is 1.56. The molecule has 0 bridgehead atoms. The van der Waals surface area contributed by atoms with Gasteiger partial charge < -0.3 is 36.2 Å². The molecule has 0 saturated carbocycles. The molecule has 0 unspecified atom stereocenters. The highest BCUT2D eigenvalue weighted by Gasteiger charge is 2.25. The van der Waals surface area contributed by atoms with Crippen molar-refractivity contribution in [3.05, 3.63) is 400 Å². The van der Waals surface area contributed by atoms with Crippen molar-refractivity contribution >= 4 is 175 Å². The number of nitrogens with zero attached hydrogens (tertiary/aromatic N) is 6. The molecule has 0 aliphatic heterocycles. The summed E-state index contributed by atoms with van der Waals surface area (Å²) in [5, 5.41) is 19.3. The van der Waals surface area contributed by atoms with Crippen molar-refractivity contribution in [2.24, 2.45) is 0 Å². The summed E-state index contributed by atoms with van der Waals surface area (Å²) in [4.78, 5) is 0. The van der Waals surface area contributed by atoms with Gasteiger partial charge in [0.15, 0.2) is 0 Å². The second-order valence-electron chi connectivity index (χ2n) is 30.7. The lowest BCUT2D eigenvalue weighted by Gasteiger charge is -2.10. The fourth-order valence-corrected chi connectivity index (χ4v) is 19.3. The first-order valence-corrected chi connectivity index (χ1v) is 39.7. The zero-order valence-electron chi connectivity index (χ0n) is 62.6. The molecule has 18 aromatic carbocycles. The SMILES string of the molecule is c1ccc(-n2c3ccccc3c3cc4c(cc32)oc2ccc(-c3ccc5oc6cc7c(cc6c5c3)c3ccccc3n7-c3ccccc3)cc24)cc1.c1ccc(-n2c3ccccc3c3cc4c5cc(-c6ccc7c(c6)c6cc8c9ccccc9n(-c9ccccc9)c8cc6n7-c6ccccc6)ccc5n(-c5ccccc5)c4cc32)cc1. The Kier molecular flexibility index (Phi) is 13.8. The second kappa shape index (κ2) is 24.9. The second-order valence-corrected chi connectivity index (χ2v) is 30.7. The van der Waals surface area contributed by atoms with Crippen molar-refractivity contribution in [3.63, 3.8) is 0 Å². The van der Waals surface area contributed by atoms with E-state index >= 15 is 0 Å². The minimum absolute atomic E-state index is 0.883. The monoisotopic (exact) mass is 1480 g/mol. The highest BCUT2D eigenvalue weighted by atomic mass is 16.3. The van der Waals surface area contributed by atoms with Crippen LogP contribution in [0, 0.1) is 0 Å². The first-order valence-electron chi connectivity index (χ1n) is 39.7. The Hall–Kier alpha value is -15.6. The Labute approximate surface area is 663 Å². The van der Waals surface area contributed by atoms with Crippen LogP contribution in [0.25, 0.3) is 231 Å². The van der Waals surface area contributed by atoms with Crippen molar-refractivity contribution < 1.29 is 8.83 Å². The molecule has 26 rings (SSSR count). The predicted molar refractivity (Wildman–Crippen MR) is 484 cm³/mol. The van der Waals surface area contributed by atoms with E-state index in [-0.39, 0.29) is 0 Å². The summed E-state index contributed by atoms with van der Waals surface area (Å²) in [6, 6.07) is 145. The Morgan fingerprint density at radius 2 is 0.319 bits per heavy atom. The quantitative estimate of drug-likeness (QED) is 0.152. The fourth-order valence-electron chi connectivity index (χ4n) is 19.3. The number of hydrogen-bond donors (Lipinski definition) is 0. The molecule has 0 N–H and O–H groups in total. The standard InChI is InChI=1S/C60H38N4.C48H28N2O2/c1-5-17-41(18-6-1)61-53-27-15-13-25-45(53)49-35-51-47-33-39(29-31-55(47)63(59(51)37-57(49)61)43-21-9-3-10-22-43)40-30-32-56-48(34-40)52-36-50-46-26-14-16-28-54(46)62(42-19-7-2-8-20-42)58(50)38-60(52)64(56)44-23-11-4-12-24-44;1-3-11-31(12-4-1)49-41-17-9-7-15-33(41)35-25-39-37-23-29(19-21-45(37)51-47(39)27-43(35)49)30-20-22-46-38(24-30)40-26-36-34-16-8-10-18-42(34)50(32-13-5-2-6-14-32)44(36)28-48(40)52-46/h1-38H;1-28H. The topological polar surface area (TPSA) is 55.9 Å². The van der Waals surface area contributed by atoms with E-state index in [9.17, 15) is 0 Å². The molecule has 26 aromatic rings. The van der Waals surface area contributed by atoms with E-state index in [0.717, 1.165) is 100 Å². The van der Waals surface area contributed by atoms with Gasteiger partial charge in [0.1, 0.15) is 22.3 Å². The van der Waals surface area contributed by atoms with Gasteiger partial charge in [-0.25, -0.2) is 0 Å².